The largest absolute Gasteiger partial charge is 0.496 e. The predicted molar refractivity (Wildman–Crippen MR) is 136 cm³/mol. The summed E-state index contributed by atoms with van der Waals surface area (Å²) in [6.45, 7) is 6.39. The van der Waals surface area contributed by atoms with Gasteiger partial charge in [-0.05, 0) is 65.7 Å². The number of amides is 2. The SMILES string of the molecule is COc1ccccc1C(=O)NC(=S)Nc1cccc(NC(=O)c2ccc(C(C)(C)C)cc2)c1. The molecule has 7 heteroatoms. The van der Waals surface area contributed by atoms with Gasteiger partial charge in [0.15, 0.2) is 5.11 Å². The molecule has 0 radical (unpaired) electrons. The number of para-hydroxylation sites is 1. The summed E-state index contributed by atoms with van der Waals surface area (Å²) in [7, 11) is 1.50. The molecule has 0 bridgehead atoms. The molecule has 0 aliphatic rings. The number of hydrogen-bond donors (Lipinski definition) is 3. The van der Waals surface area contributed by atoms with Crippen LogP contribution in [-0.4, -0.2) is 24.0 Å². The first kappa shape index (κ1) is 23.9. The van der Waals surface area contributed by atoms with Crippen LogP contribution in [0.15, 0.2) is 72.8 Å². The minimum absolute atomic E-state index is 0.0223. The van der Waals surface area contributed by atoms with Crippen LogP contribution in [0.3, 0.4) is 0 Å². The lowest BCUT2D eigenvalue weighted by Crippen LogP contribution is -2.34. The van der Waals surface area contributed by atoms with Crippen molar-refractivity contribution in [2.75, 3.05) is 17.7 Å². The highest BCUT2D eigenvalue weighted by molar-refractivity contribution is 7.80. The average molecular weight is 462 g/mol. The van der Waals surface area contributed by atoms with Crippen molar-refractivity contribution in [3.8, 4) is 5.75 Å². The predicted octanol–water partition coefficient (Wildman–Crippen LogP) is 5.37. The van der Waals surface area contributed by atoms with Crippen LogP contribution >= 0.6 is 12.2 Å². The van der Waals surface area contributed by atoms with Crippen LogP contribution in [0, 0.1) is 0 Å². The van der Waals surface area contributed by atoms with E-state index < -0.39 is 0 Å². The molecular weight excluding hydrogens is 434 g/mol. The lowest BCUT2D eigenvalue weighted by atomic mass is 9.87. The van der Waals surface area contributed by atoms with Gasteiger partial charge in [0.2, 0.25) is 0 Å². The molecule has 6 nitrogen and oxygen atoms in total. The fourth-order valence-electron chi connectivity index (χ4n) is 3.16. The fourth-order valence-corrected chi connectivity index (χ4v) is 3.38. The second-order valence-corrected chi connectivity index (χ2v) is 8.88. The normalized spacial score (nSPS) is 10.8. The summed E-state index contributed by atoms with van der Waals surface area (Å²) in [6, 6.07) is 21.6. The third-order valence-corrected chi connectivity index (χ3v) is 5.17. The van der Waals surface area contributed by atoms with Crippen LogP contribution < -0.4 is 20.7 Å². The minimum atomic E-state index is -0.381. The number of thiocarbonyl (C=S) groups is 1. The minimum Gasteiger partial charge on any atom is -0.496 e. The van der Waals surface area contributed by atoms with E-state index in [4.69, 9.17) is 17.0 Å². The molecule has 33 heavy (non-hydrogen) atoms. The maximum atomic E-state index is 12.6. The van der Waals surface area contributed by atoms with E-state index in [9.17, 15) is 9.59 Å². The Bertz CT molecular complexity index is 1170. The van der Waals surface area contributed by atoms with Crippen LogP contribution in [0.1, 0.15) is 47.1 Å². The van der Waals surface area contributed by atoms with Gasteiger partial charge in [-0.15, -0.1) is 0 Å². The number of methoxy groups -OCH3 is 1. The topological polar surface area (TPSA) is 79.5 Å². The highest BCUT2D eigenvalue weighted by Crippen LogP contribution is 2.23. The van der Waals surface area contributed by atoms with Crippen molar-refractivity contribution in [1.82, 2.24) is 5.32 Å². The Labute approximate surface area is 199 Å². The fraction of sp³-hybridized carbons (Fsp3) is 0.192. The van der Waals surface area contributed by atoms with Crippen molar-refractivity contribution in [1.29, 1.82) is 0 Å². The molecule has 0 unspecified atom stereocenters. The second kappa shape index (κ2) is 10.3. The zero-order valence-electron chi connectivity index (χ0n) is 19.1. The van der Waals surface area contributed by atoms with Crippen molar-refractivity contribution in [2.24, 2.45) is 0 Å². The molecule has 0 fully saturated rings. The monoisotopic (exact) mass is 461 g/mol. The maximum absolute atomic E-state index is 12.6. The first-order valence-corrected chi connectivity index (χ1v) is 10.9. The van der Waals surface area contributed by atoms with E-state index in [0.717, 1.165) is 5.56 Å². The van der Waals surface area contributed by atoms with E-state index in [2.05, 4.69) is 36.7 Å². The van der Waals surface area contributed by atoms with Crippen LogP contribution in [0.5, 0.6) is 5.75 Å². The van der Waals surface area contributed by atoms with E-state index in [-0.39, 0.29) is 22.3 Å². The number of nitrogens with one attached hydrogen (secondary N) is 3. The van der Waals surface area contributed by atoms with E-state index in [1.54, 1.807) is 48.5 Å². The molecule has 0 saturated carbocycles. The summed E-state index contributed by atoms with van der Waals surface area (Å²) in [4.78, 5) is 25.1. The zero-order chi connectivity index (χ0) is 24.0. The number of anilines is 2. The van der Waals surface area contributed by atoms with Gasteiger partial charge in [0, 0.05) is 16.9 Å². The Morgan fingerprint density at radius 3 is 2.09 bits per heavy atom. The number of hydrogen-bond acceptors (Lipinski definition) is 4. The number of benzene rings is 3. The van der Waals surface area contributed by atoms with Crippen LogP contribution in [0.4, 0.5) is 11.4 Å². The first-order valence-electron chi connectivity index (χ1n) is 10.4. The maximum Gasteiger partial charge on any atom is 0.261 e. The summed E-state index contributed by atoms with van der Waals surface area (Å²) in [5.74, 6) is -0.134. The smallest absolute Gasteiger partial charge is 0.261 e. The van der Waals surface area contributed by atoms with Crippen molar-refractivity contribution in [2.45, 2.75) is 26.2 Å². The standard InChI is InChI=1S/C26H27N3O3S/c1-26(2,3)18-14-12-17(13-15-18)23(30)27-19-8-7-9-20(16-19)28-25(33)29-24(31)21-10-5-6-11-22(21)32-4/h5-16H,1-4H3,(H,27,30)(H2,28,29,31,33). The van der Waals surface area contributed by atoms with Gasteiger partial charge >= 0.3 is 0 Å². The summed E-state index contributed by atoms with van der Waals surface area (Å²) in [5.41, 5.74) is 3.36. The van der Waals surface area contributed by atoms with Crippen molar-refractivity contribution in [3.63, 3.8) is 0 Å². The van der Waals surface area contributed by atoms with Gasteiger partial charge in [0.05, 0.1) is 12.7 Å². The van der Waals surface area contributed by atoms with Gasteiger partial charge in [-0.3, -0.25) is 14.9 Å². The molecule has 0 spiro atoms. The third kappa shape index (κ3) is 6.40. The molecule has 0 aromatic heterocycles. The summed E-state index contributed by atoms with van der Waals surface area (Å²) >= 11 is 5.27. The number of carbonyl (C=O) groups is 2. The quantitative estimate of drug-likeness (QED) is 0.445. The molecule has 3 aromatic carbocycles. The Balaban J connectivity index is 1.63. The number of ether oxygens (including phenoxy) is 1. The third-order valence-electron chi connectivity index (χ3n) is 4.97. The van der Waals surface area contributed by atoms with Crippen molar-refractivity contribution < 1.29 is 14.3 Å². The Hall–Kier alpha value is -3.71. The zero-order valence-corrected chi connectivity index (χ0v) is 19.9. The highest BCUT2D eigenvalue weighted by Gasteiger charge is 2.15. The van der Waals surface area contributed by atoms with Gasteiger partial charge in [0.25, 0.3) is 11.8 Å². The van der Waals surface area contributed by atoms with Gasteiger partial charge in [-0.1, -0.05) is 51.1 Å². The molecule has 2 amide bonds. The number of carbonyl (C=O) groups excluding carboxylic acids is 2. The lowest BCUT2D eigenvalue weighted by Gasteiger charge is -2.19. The van der Waals surface area contributed by atoms with Crippen molar-refractivity contribution >= 4 is 40.5 Å². The van der Waals surface area contributed by atoms with Gasteiger partial charge in [-0.2, -0.15) is 0 Å². The molecule has 170 valence electrons. The molecule has 0 saturated heterocycles. The van der Waals surface area contributed by atoms with Crippen molar-refractivity contribution in [3.05, 3.63) is 89.5 Å². The Kier molecular flexibility index (Phi) is 7.45. The van der Waals surface area contributed by atoms with Gasteiger partial charge < -0.3 is 15.4 Å². The lowest BCUT2D eigenvalue weighted by molar-refractivity contribution is 0.0973. The highest BCUT2D eigenvalue weighted by atomic mass is 32.1. The van der Waals surface area contributed by atoms with E-state index in [1.807, 2.05) is 24.3 Å². The molecule has 3 rings (SSSR count). The van der Waals surface area contributed by atoms with E-state index >= 15 is 0 Å². The Morgan fingerprint density at radius 1 is 0.818 bits per heavy atom. The van der Waals surface area contributed by atoms with E-state index in [1.165, 1.54) is 7.11 Å². The van der Waals surface area contributed by atoms with Crippen LogP contribution in [0.2, 0.25) is 0 Å². The first-order chi connectivity index (χ1) is 15.7. The molecule has 0 heterocycles. The summed E-state index contributed by atoms with van der Waals surface area (Å²) in [5, 5.41) is 8.62. The van der Waals surface area contributed by atoms with Crippen LogP contribution in [0.25, 0.3) is 0 Å². The number of rotatable bonds is 5. The molecule has 0 aliphatic heterocycles. The molecule has 0 atom stereocenters. The van der Waals surface area contributed by atoms with Gasteiger partial charge in [-0.25, -0.2) is 0 Å². The molecule has 3 aromatic rings. The van der Waals surface area contributed by atoms with E-state index in [0.29, 0.717) is 28.3 Å². The average Bonchev–Trinajstić information content (AvgIpc) is 2.78. The summed E-state index contributed by atoms with van der Waals surface area (Å²) in [6.07, 6.45) is 0. The van der Waals surface area contributed by atoms with Gasteiger partial charge in [0.1, 0.15) is 5.75 Å². The Morgan fingerprint density at radius 2 is 1.45 bits per heavy atom. The molecule has 0 aliphatic carbocycles. The van der Waals surface area contributed by atoms with Crippen LogP contribution in [-0.2, 0) is 5.41 Å². The molecule has 3 N–H and O–H groups in total. The second-order valence-electron chi connectivity index (χ2n) is 8.47. The molecular formula is C26H27N3O3S. The summed E-state index contributed by atoms with van der Waals surface area (Å²) < 4.78 is 5.21.